The monoisotopic (exact) mass is 321 g/mol. The van der Waals surface area contributed by atoms with Gasteiger partial charge in [0.2, 0.25) is 0 Å². The van der Waals surface area contributed by atoms with E-state index in [2.05, 4.69) is 16.0 Å². The van der Waals surface area contributed by atoms with Crippen LogP contribution in [-0.2, 0) is 9.53 Å². The average molecular weight is 321 g/mol. The summed E-state index contributed by atoms with van der Waals surface area (Å²) in [5.41, 5.74) is 1.02. The molecule has 1 fully saturated rings. The van der Waals surface area contributed by atoms with Gasteiger partial charge in [0.05, 0.1) is 29.5 Å². The number of aliphatic carboxylic acids is 1. The predicted molar refractivity (Wildman–Crippen MR) is 86.7 cm³/mol. The van der Waals surface area contributed by atoms with E-state index < -0.39 is 5.97 Å². The molecule has 0 spiro atoms. The van der Waals surface area contributed by atoms with Gasteiger partial charge in [-0.05, 0) is 19.2 Å². The van der Waals surface area contributed by atoms with Crippen LogP contribution < -0.4 is 4.90 Å². The van der Waals surface area contributed by atoms with E-state index in [0.29, 0.717) is 13.2 Å². The van der Waals surface area contributed by atoms with E-state index in [-0.39, 0.29) is 12.6 Å². The summed E-state index contributed by atoms with van der Waals surface area (Å²) in [6, 6.07) is 8.12. The van der Waals surface area contributed by atoms with Crippen LogP contribution in [0.5, 0.6) is 0 Å². The third-order valence-electron chi connectivity index (χ3n) is 3.61. The molecule has 118 valence electrons. The lowest BCUT2D eigenvalue weighted by molar-refractivity contribution is -0.138. The molecule has 1 aromatic carbocycles. The quantitative estimate of drug-likeness (QED) is 0.901. The van der Waals surface area contributed by atoms with Crippen molar-refractivity contribution < 1.29 is 14.6 Å². The van der Waals surface area contributed by atoms with Crippen LogP contribution in [0.4, 0.5) is 5.13 Å². The number of nitrogens with zero attached hydrogens (tertiary/aromatic N) is 3. The van der Waals surface area contributed by atoms with Gasteiger partial charge in [-0.1, -0.05) is 23.5 Å². The molecule has 1 unspecified atom stereocenters. The Kier molecular flexibility index (Phi) is 4.56. The zero-order chi connectivity index (χ0) is 15.5. The number of hydrogen-bond acceptors (Lipinski definition) is 6. The molecule has 2 aromatic rings. The largest absolute Gasteiger partial charge is 0.480 e. The molecule has 0 aliphatic carbocycles. The van der Waals surface area contributed by atoms with E-state index in [1.54, 1.807) is 23.3 Å². The van der Waals surface area contributed by atoms with Gasteiger partial charge in [-0.15, -0.1) is 0 Å². The van der Waals surface area contributed by atoms with Crippen LogP contribution in [-0.4, -0.2) is 66.9 Å². The summed E-state index contributed by atoms with van der Waals surface area (Å²) in [6.07, 6.45) is 0.00473. The topological polar surface area (TPSA) is 65.9 Å². The van der Waals surface area contributed by atoms with Crippen LogP contribution in [0, 0.1) is 0 Å². The van der Waals surface area contributed by atoms with Crippen molar-refractivity contribution in [2.75, 3.05) is 44.7 Å². The van der Waals surface area contributed by atoms with Gasteiger partial charge >= 0.3 is 5.97 Å². The summed E-state index contributed by atoms with van der Waals surface area (Å²) in [4.78, 5) is 19.4. The summed E-state index contributed by atoms with van der Waals surface area (Å²) in [6.45, 7) is 2.83. The number of para-hydroxylation sites is 1. The van der Waals surface area contributed by atoms with Gasteiger partial charge in [-0.3, -0.25) is 9.69 Å². The van der Waals surface area contributed by atoms with Crippen LogP contribution in [0.25, 0.3) is 10.2 Å². The van der Waals surface area contributed by atoms with Crippen molar-refractivity contribution >= 4 is 32.7 Å². The lowest BCUT2D eigenvalue weighted by Crippen LogP contribution is -2.47. The molecule has 2 heterocycles. The lowest BCUT2D eigenvalue weighted by atomic mass is 10.2. The molecule has 1 aromatic heterocycles. The first-order valence-electron chi connectivity index (χ1n) is 7.24. The van der Waals surface area contributed by atoms with Crippen molar-refractivity contribution in [2.45, 2.75) is 6.10 Å². The molecule has 6 nitrogen and oxygen atoms in total. The van der Waals surface area contributed by atoms with Crippen molar-refractivity contribution in [3.05, 3.63) is 24.3 Å². The van der Waals surface area contributed by atoms with E-state index >= 15 is 0 Å². The predicted octanol–water partition coefficient (Wildman–Crippen LogP) is 1.52. The molecule has 1 atom stereocenters. The fourth-order valence-corrected chi connectivity index (χ4v) is 3.64. The Morgan fingerprint density at radius 1 is 1.55 bits per heavy atom. The number of likely N-dealkylation sites (N-methyl/N-ethyl adjacent to an activating group) is 1. The summed E-state index contributed by atoms with van der Waals surface area (Å²) in [5, 5.41) is 9.83. The molecule has 0 bridgehead atoms. The molecule has 1 N–H and O–H groups in total. The summed E-state index contributed by atoms with van der Waals surface area (Å²) in [5.74, 6) is -0.818. The maximum absolute atomic E-state index is 10.7. The van der Waals surface area contributed by atoms with Gasteiger partial charge < -0.3 is 14.7 Å². The molecule has 1 aliphatic heterocycles. The van der Waals surface area contributed by atoms with E-state index in [4.69, 9.17) is 9.84 Å². The van der Waals surface area contributed by atoms with Crippen molar-refractivity contribution in [1.82, 2.24) is 9.88 Å². The van der Waals surface area contributed by atoms with Crippen molar-refractivity contribution in [3.63, 3.8) is 0 Å². The van der Waals surface area contributed by atoms with Gasteiger partial charge in [-0.2, -0.15) is 0 Å². The molecule has 0 saturated carbocycles. The van der Waals surface area contributed by atoms with E-state index in [1.165, 1.54) is 4.70 Å². The Bertz CT molecular complexity index is 627. The highest BCUT2D eigenvalue weighted by molar-refractivity contribution is 7.22. The minimum Gasteiger partial charge on any atom is -0.480 e. The van der Waals surface area contributed by atoms with Gasteiger partial charge in [0.15, 0.2) is 5.13 Å². The molecule has 1 aliphatic rings. The number of carboxylic acids is 1. The van der Waals surface area contributed by atoms with Gasteiger partial charge in [0.25, 0.3) is 0 Å². The number of carbonyl (C=O) groups is 1. The first-order chi connectivity index (χ1) is 10.6. The highest BCUT2D eigenvalue weighted by Crippen LogP contribution is 2.29. The van der Waals surface area contributed by atoms with Crippen molar-refractivity contribution in [3.8, 4) is 0 Å². The number of anilines is 1. The number of thiazole rings is 1. The number of carboxylic acid groups (broad SMARTS) is 1. The minimum absolute atomic E-state index is 0.00473. The normalized spacial score (nSPS) is 19.0. The Morgan fingerprint density at radius 3 is 3.14 bits per heavy atom. The zero-order valence-electron chi connectivity index (χ0n) is 12.4. The minimum atomic E-state index is -0.818. The maximum atomic E-state index is 10.7. The SMILES string of the molecule is CN(CC(=O)O)CC1CN(c2nc3ccccc3s2)CCO1. The molecule has 22 heavy (non-hydrogen) atoms. The molecule has 0 radical (unpaired) electrons. The maximum Gasteiger partial charge on any atom is 0.317 e. The van der Waals surface area contributed by atoms with Crippen LogP contribution in [0.15, 0.2) is 24.3 Å². The Labute approximate surface area is 132 Å². The van der Waals surface area contributed by atoms with Crippen LogP contribution in [0.3, 0.4) is 0 Å². The fourth-order valence-electron chi connectivity index (χ4n) is 2.64. The van der Waals surface area contributed by atoms with Crippen LogP contribution in [0.1, 0.15) is 0 Å². The number of hydrogen-bond donors (Lipinski definition) is 1. The standard InChI is InChI=1S/C15H19N3O3S/c1-17(10-14(19)20)8-11-9-18(6-7-21-11)15-16-12-4-2-3-5-13(12)22-15/h2-5,11H,6-10H2,1H3,(H,19,20). The second-order valence-corrected chi connectivity index (χ2v) is 6.50. The number of ether oxygens (including phenoxy) is 1. The van der Waals surface area contributed by atoms with E-state index in [0.717, 1.165) is 23.7 Å². The van der Waals surface area contributed by atoms with Crippen molar-refractivity contribution in [2.24, 2.45) is 0 Å². The highest BCUT2D eigenvalue weighted by atomic mass is 32.1. The zero-order valence-corrected chi connectivity index (χ0v) is 13.3. The Hall–Kier alpha value is -1.70. The second kappa shape index (κ2) is 6.60. The molecular formula is C15H19N3O3S. The number of rotatable bonds is 5. The lowest BCUT2D eigenvalue weighted by Gasteiger charge is -2.34. The molecule has 0 amide bonds. The summed E-state index contributed by atoms with van der Waals surface area (Å²) < 4.78 is 6.94. The average Bonchev–Trinajstić information content (AvgIpc) is 2.90. The van der Waals surface area contributed by atoms with Crippen molar-refractivity contribution in [1.29, 1.82) is 0 Å². The highest BCUT2D eigenvalue weighted by Gasteiger charge is 2.24. The van der Waals surface area contributed by atoms with E-state index in [9.17, 15) is 4.79 Å². The van der Waals surface area contributed by atoms with Crippen LogP contribution in [0.2, 0.25) is 0 Å². The summed E-state index contributed by atoms with van der Waals surface area (Å²) in [7, 11) is 1.80. The molecule has 7 heteroatoms. The Morgan fingerprint density at radius 2 is 2.36 bits per heavy atom. The number of morpholine rings is 1. The van der Waals surface area contributed by atoms with E-state index in [1.807, 2.05) is 18.2 Å². The fraction of sp³-hybridized carbons (Fsp3) is 0.467. The molecule has 3 rings (SSSR count). The number of aromatic nitrogens is 1. The third-order valence-corrected chi connectivity index (χ3v) is 4.71. The first kappa shape index (κ1) is 15.2. The van der Waals surface area contributed by atoms with Gasteiger partial charge in [0.1, 0.15) is 0 Å². The summed E-state index contributed by atoms with van der Waals surface area (Å²) >= 11 is 1.69. The second-order valence-electron chi connectivity index (χ2n) is 5.49. The molecular weight excluding hydrogens is 302 g/mol. The van der Waals surface area contributed by atoms with Gasteiger partial charge in [-0.25, -0.2) is 4.98 Å². The van der Waals surface area contributed by atoms with Crippen LogP contribution >= 0.6 is 11.3 Å². The number of fused-ring (bicyclic) bond motifs is 1. The Balaban J connectivity index is 1.66. The van der Waals surface area contributed by atoms with Gasteiger partial charge in [0, 0.05) is 19.6 Å². The first-order valence-corrected chi connectivity index (χ1v) is 8.06. The molecule has 1 saturated heterocycles. The number of benzene rings is 1. The third kappa shape index (κ3) is 3.55. The smallest absolute Gasteiger partial charge is 0.317 e.